The molecule has 3 rings (SSSR count). The average molecular weight is 331 g/mol. The van der Waals surface area contributed by atoms with Crippen molar-refractivity contribution >= 4 is 17.1 Å². The van der Waals surface area contributed by atoms with E-state index in [0.29, 0.717) is 17.7 Å². The fraction of sp³-hybridized carbons (Fsp3) is 0.579. The van der Waals surface area contributed by atoms with Crippen molar-refractivity contribution < 1.29 is 19.1 Å². The number of fused-ring (bicyclic) bond motifs is 2. The van der Waals surface area contributed by atoms with Gasteiger partial charge in [-0.25, -0.2) is 9.78 Å². The first kappa shape index (κ1) is 17.0. The Morgan fingerprint density at radius 1 is 1.29 bits per heavy atom. The van der Waals surface area contributed by atoms with Gasteiger partial charge in [0, 0.05) is 17.7 Å². The number of hydrogen-bond donors (Lipinski definition) is 1. The molecule has 0 fully saturated rings. The number of ether oxygens (including phenoxy) is 1. The molecule has 1 heterocycles. The van der Waals surface area contributed by atoms with Crippen LogP contribution in [0.2, 0.25) is 0 Å². The van der Waals surface area contributed by atoms with Crippen molar-refractivity contribution in [1.29, 1.82) is 0 Å². The van der Waals surface area contributed by atoms with Gasteiger partial charge in [0.15, 0.2) is 5.58 Å². The zero-order valence-corrected chi connectivity index (χ0v) is 14.6. The minimum atomic E-state index is -1.12. The number of oxazole rings is 1. The lowest BCUT2D eigenvalue weighted by atomic mass is 9.82. The molecule has 1 aromatic carbocycles. The number of carboxylic acids is 1. The molecule has 0 amide bonds. The molecular formula is C19H25NO4. The third-order valence-corrected chi connectivity index (χ3v) is 4.82. The molecule has 0 bridgehead atoms. The smallest absolute Gasteiger partial charge is 0.392 e. The predicted molar refractivity (Wildman–Crippen MR) is 91.6 cm³/mol. The minimum Gasteiger partial charge on any atom is -0.474 e. The minimum absolute atomic E-state index is 0.119. The molecule has 130 valence electrons. The Bertz CT molecular complexity index is 763. The normalized spacial score (nSPS) is 15.5. The number of aromatic carboxylic acids is 1. The largest absolute Gasteiger partial charge is 0.474 e. The summed E-state index contributed by atoms with van der Waals surface area (Å²) in [6.07, 6.45) is 6.10. The Labute approximate surface area is 142 Å². The van der Waals surface area contributed by atoms with Crippen LogP contribution in [0, 0.1) is 0 Å². The summed E-state index contributed by atoms with van der Waals surface area (Å²) in [6, 6.07) is 0. The maximum atomic E-state index is 11.4. The molecule has 5 nitrogen and oxygen atoms in total. The van der Waals surface area contributed by atoms with Gasteiger partial charge in [-0.2, -0.15) is 0 Å². The number of rotatable bonds is 6. The molecule has 5 heteroatoms. The van der Waals surface area contributed by atoms with Gasteiger partial charge >= 0.3 is 11.9 Å². The van der Waals surface area contributed by atoms with Crippen LogP contribution in [-0.4, -0.2) is 22.7 Å². The molecule has 1 N–H and O–H groups in total. The van der Waals surface area contributed by atoms with Crippen molar-refractivity contribution in [2.45, 2.75) is 65.4 Å². The first-order valence-electron chi connectivity index (χ1n) is 8.90. The molecular weight excluding hydrogens is 306 g/mol. The molecule has 24 heavy (non-hydrogen) atoms. The zero-order chi connectivity index (χ0) is 17.3. The second-order valence-electron chi connectivity index (χ2n) is 6.41. The topological polar surface area (TPSA) is 72.6 Å². The highest BCUT2D eigenvalue weighted by Crippen LogP contribution is 2.39. The van der Waals surface area contributed by atoms with Crippen LogP contribution in [0.1, 0.15) is 79.1 Å². The molecule has 0 saturated heterocycles. The van der Waals surface area contributed by atoms with Gasteiger partial charge in [-0.3, -0.25) is 0 Å². The van der Waals surface area contributed by atoms with Crippen LogP contribution in [-0.2, 0) is 24.0 Å². The van der Waals surface area contributed by atoms with Gasteiger partial charge in [0.05, 0.1) is 6.10 Å². The summed E-state index contributed by atoms with van der Waals surface area (Å²) in [7, 11) is 0. The second kappa shape index (κ2) is 6.93. The first-order valence-corrected chi connectivity index (χ1v) is 8.90. The highest BCUT2D eigenvalue weighted by Gasteiger charge is 2.28. The number of carbonyl (C=O) groups is 1. The number of aromatic nitrogens is 1. The molecule has 0 radical (unpaired) electrons. The first-order chi connectivity index (χ1) is 11.6. The highest BCUT2D eigenvalue weighted by molar-refractivity contribution is 5.90. The molecule has 0 aliphatic heterocycles. The van der Waals surface area contributed by atoms with Crippen molar-refractivity contribution in [2.75, 3.05) is 6.61 Å². The Morgan fingerprint density at radius 3 is 2.62 bits per heavy atom. The SMILES string of the molecule is CCCc1c2c(c(C(C)OCC)c3nc(C(=O)O)oc13)CCCC2. The average Bonchev–Trinajstić information content (AvgIpc) is 3.00. The number of benzene rings is 1. The van der Waals surface area contributed by atoms with E-state index < -0.39 is 5.97 Å². The number of hydrogen-bond acceptors (Lipinski definition) is 4. The second-order valence-corrected chi connectivity index (χ2v) is 6.41. The monoisotopic (exact) mass is 331 g/mol. The van der Waals surface area contributed by atoms with Crippen LogP contribution in [0.4, 0.5) is 0 Å². The molecule has 1 aliphatic rings. The van der Waals surface area contributed by atoms with Gasteiger partial charge in [-0.1, -0.05) is 13.3 Å². The number of carboxylic acid groups (broad SMARTS) is 1. The predicted octanol–water partition coefficient (Wildman–Crippen LogP) is 4.45. The van der Waals surface area contributed by atoms with Crippen molar-refractivity contribution in [3.05, 3.63) is 28.1 Å². The van der Waals surface area contributed by atoms with E-state index in [1.165, 1.54) is 11.1 Å². The van der Waals surface area contributed by atoms with Crippen LogP contribution in [0.15, 0.2) is 4.42 Å². The molecule has 1 unspecified atom stereocenters. The molecule has 0 saturated carbocycles. The van der Waals surface area contributed by atoms with Crippen molar-refractivity contribution in [2.24, 2.45) is 0 Å². The summed E-state index contributed by atoms with van der Waals surface area (Å²) in [5.41, 5.74) is 6.15. The van der Waals surface area contributed by atoms with Crippen LogP contribution in [0.25, 0.3) is 11.1 Å². The summed E-state index contributed by atoms with van der Waals surface area (Å²) in [6.45, 7) is 6.73. The van der Waals surface area contributed by atoms with Crippen molar-refractivity contribution in [1.82, 2.24) is 4.98 Å². The van der Waals surface area contributed by atoms with E-state index in [2.05, 4.69) is 11.9 Å². The molecule has 1 aliphatic carbocycles. The van der Waals surface area contributed by atoms with E-state index in [0.717, 1.165) is 49.7 Å². The Kier molecular flexibility index (Phi) is 4.90. The Morgan fingerprint density at radius 2 is 2.00 bits per heavy atom. The third kappa shape index (κ3) is 2.81. The van der Waals surface area contributed by atoms with Crippen LogP contribution >= 0.6 is 0 Å². The molecule has 1 atom stereocenters. The van der Waals surface area contributed by atoms with E-state index in [1.807, 2.05) is 13.8 Å². The Hall–Kier alpha value is -1.88. The zero-order valence-electron chi connectivity index (χ0n) is 14.6. The lowest BCUT2D eigenvalue weighted by Crippen LogP contribution is -2.14. The van der Waals surface area contributed by atoms with Crippen LogP contribution in [0.3, 0.4) is 0 Å². The summed E-state index contributed by atoms with van der Waals surface area (Å²) < 4.78 is 11.5. The van der Waals surface area contributed by atoms with E-state index >= 15 is 0 Å². The van der Waals surface area contributed by atoms with Crippen LogP contribution in [0.5, 0.6) is 0 Å². The van der Waals surface area contributed by atoms with E-state index in [9.17, 15) is 9.90 Å². The molecule has 0 spiro atoms. The third-order valence-electron chi connectivity index (χ3n) is 4.82. The van der Waals surface area contributed by atoms with E-state index in [1.54, 1.807) is 0 Å². The summed E-state index contributed by atoms with van der Waals surface area (Å²) in [4.78, 5) is 15.7. The number of nitrogens with zero attached hydrogens (tertiary/aromatic N) is 1. The quantitative estimate of drug-likeness (QED) is 0.846. The molecule has 1 aromatic heterocycles. The van der Waals surface area contributed by atoms with Gasteiger partial charge in [-0.05, 0) is 57.1 Å². The summed E-state index contributed by atoms with van der Waals surface area (Å²) >= 11 is 0. The highest BCUT2D eigenvalue weighted by atomic mass is 16.5. The van der Waals surface area contributed by atoms with Gasteiger partial charge in [0.2, 0.25) is 0 Å². The molecule has 2 aromatic rings. The van der Waals surface area contributed by atoms with Gasteiger partial charge in [0.25, 0.3) is 0 Å². The fourth-order valence-corrected chi connectivity index (χ4v) is 3.90. The standard InChI is InChI=1S/C19H25NO4/c1-4-8-14-12-9-6-7-10-13(12)15(11(3)23-5-2)16-17(14)24-18(20-16)19(21)22/h11H,4-10H2,1-3H3,(H,21,22). The van der Waals surface area contributed by atoms with Crippen molar-refractivity contribution in [3.8, 4) is 0 Å². The summed E-state index contributed by atoms with van der Waals surface area (Å²) in [5, 5.41) is 9.32. The lowest BCUT2D eigenvalue weighted by molar-refractivity contribution is 0.0655. The fourth-order valence-electron chi connectivity index (χ4n) is 3.90. The van der Waals surface area contributed by atoms with E-state index in [-0.39, 0.29) is 12.0 Å². The van der Waals surface area contributed by atoms with Crippen LogP contribution < -0.4 is 0 Å². The Balaban J connectivity index is 2.34. The lowest BCUT2D eigenvalue weighted by Gasteiger charge is -2.25. The summed E-state index contributed by atoms with van der Waals surface area (Å²) in [5.74, 6) is -1.35. The number of aryl methyl sites for hydroxylation is 1. The van der Waals surface area contributed by atoms with Crippen molar-refractivity contribution in [3.63, 3.8) is 0 Å². The maximum absolute atomic E-state index is 11.4. The van der Waals surface area contributed by atoms with Gasteiger partial charge in [-0.15, -0.1) is 0 Å². The van der Waals surface area contributed by atoms with Gasteiger partial charge < -0.3 is 14.3 Å². The van der Waals surface area contributed by atoms with E-state index in [4.69, 9.17) is 9.15 Å². The van der Waals surface area contributed by atoms with Gasteiger partial charge in [0.1, 0.15) is 5.52 Å². The maximum Gasteiger partial charge on any atom is 0.392 e.